The van der Waals surface area contributed by atoms with E-state index in [1.54, 1.807) is 0 Å². The van der Waals surface area contributed by atoms with Gasteiger partial charge in [-0.3, -0.25) is 0 Å². The topological polar surface area (TPSA) is 40.5 Å². The van der Waals surface area contributed by atoms with Crippen LogP contribution in [0.5, 0.6) is 0 Å². The molecule has 6 heteroatoms. The third kappa shape index (κ3) is 2.17. The average molecular weight is 238 g/mol. The molecule has 0 saturated heterocycles. The Labute approximate surface area is 89.1 Å². The van der Waals surface area contributed by atoms with Crippen LogP contribution in [-0.2, 0) is 12.8 Å². The summed E-state index contributed by atoms with van der Waals surface area (Å²) in [5, 5.41) is 17.1. The highest BCUT2D eigenvalue weighted by Gasteiger charge is 2.24. The monoisotopic (exact) mass is 238 g/mol. The van der Waals surface area contributed by atoms with Crippen molar-refractivity contribution in [3.05, 3.63) is 34.4 Å². The summed E-state index contributed by atoms with van der Waals surface area (Å²) in [4.78, 5) is 0. The summed E-state index contributed by atoms with van der Waals surface area (Å²) in [7, 11) is 0. The van der Waals surface area contributed by atoms with E-state index < -0.39 is 60.5 Å². The lowest BCUT2D eigenvalue weighted by Gasteiger charge is -2.10. The van der Waals surface area contributed by atoms with Crippen molar-refractivity contribution >= 4 is 0 Å². The molecule has 0 aliphatic carbocycles. The third-order valence-electron chi connectivity index (χ3n) is 2.17. The molecular formula is C10H10F4O2. The molecule has 0 unspecified atom stereocenters. The standard InChI is InChI=1S/C10H10F4O2/c11-7-5(1-3-15)8(12)10(14)9(13)6(7)2-4-16/h15-16H,1-4H2. The van der Waals surface area contributed by atoms with E-state index in [-0.39, 0.29) is 0 Å². The summed E-state index contributed by atoms with van der Waals surface area (Å²) in [6, 6.07) is 0. The molecule has 0 bridgehead atoms. The van der Waals surface area contributed by atoms with Crippen molar-refractivity contribution in [3.63, 3.8) is 0 Å². The Balaban J connectivity index is 3.39. The minimum Gasteiger partial charge on any atom is -0.396 e. The number of benzene rings is 1. The maximum Gasteiger partial charge on any atom is 0.195 e. The zero-order valence-corrected chi connectivity index (χ0v) is 8.23. The fraction of sp³-hybridized carbons (Fsp3) is 0.400. The van der Waals surface area contributed by atoms with Crippen LogP contribution in [0.1, 0.15) is 11.1 Å². The lowest BCUT2D eigenvalue weighted by atomic mass is 10.0. The van der Waals surface area contributed by atoms with Gasteiger partial charge < -0.3 is 10.2 Å². The van der Waals surface area contributed by atoms with Crippen LogP contribution in [0.25, 0.3) is 0 Å². The third-order valence-corrected chi connectivity index (χ3v) is 2.17. The summed E-state index contributed by atoms with van der Waals surface area (Å²) >= 11 is 0. The van der Waals surface area contributed by atoms with Gasteiger partial charge in [-0.15, -0.1) is 0 Å². The Morgan fingerprint density at radius 3 is 1.31 bits per heavy atom. The van der Waals surface area contributed by atoms with Gasteiger partial charge in [0.05, 0.1) is 0 Å². The number of hydrogen-bond acceptors (Lipinski definition) is 2. The largest absolute Gasteiger partial charge is 0.396 e. The molecular weight excluding hydrogens is 228 g/mol. The molecule has 0 saturated carbocycles. The fourth-order valence-electron chi connectivity index (χ4n) is 1.40. The second kappa shape index (κ2) is 5.27. The van der Waals surface area contributed by atoms with Gasteiger partial charge in [0.2, 0.25) is 0 Å². The first-order chi connectivity index (χ1) is 7.54. The molecule has 0 aliphatic rings. The molecule has 0 fully saturated rings. The molecule has 0 amide bonds. The molecule has 0 aliphatic heterocycles. The van der Waals surface area contributed by atoms with Gasteiger partial charge >= 0.3 is 0 Å². The van der Waals surface area contributed by atoms with Crippen LogP contribution >= 0.6 is 0 Å². The Kier molecular flexibility index (Phi) is 4.26. The van der Waals surface area contributed by atoms with E-state index in [1.165, 1.54) is 0 Å². The first-order valence-electron chi connectivity index (χ1n) is 4.60. The minimum atomic E-state index is -1.78. The van der Waals surface area contributed by atoms with Crippen LogP contribution < -0.4 is 0 Å². The quantitative estimate of drug-likeness (QED) is 0.471. The summed E-state index contributed by atoms with van der Waals surface area (Å²) in [5.74, 6) is -6.30. The van der Waals surface area contributed by atoms with Gasteiger partial charge in [-0.2, -0.15) is 0 Å². The van der Waals surface area contributed by atoms with Crippen LogP contribution in [0.3, 0.4) is 0 Å². The zero-order chi connectivity index (χ0) is 12.3. The first kappa shape index (κ1) is 12.9. The second-order valence-electron chi connectivity index (χ2n) is 3.16. The van der Waals surface area contributed by atoms with E-state index in [9.17, 15) is 17.6 Å². The van der Waals surface area contributed by atoms with E-state index in [0.29, 0.717) is 0 Å². The van der Waals surface area contributed by atoms with E-state index in [1.807, 2.05) is 0 Å². The van der Waals surface area contributed by atoms with Gasteiger partial charge in [0.15, 0.2) is 17.5 Å². The Bertz CT molecular complexity index is 360. The van der Waals surface area contributed by atoms with Crippen LogP contribution in [0.2, 0.25) is 0 Å². The van der Waals surface area contributed by atoms with Crippen molar-refractivity contribution in [3.8, 4) is 0 Å². The van der Waals surface area contributed by atoms with Gasteiger partial charge in [0.25, 0.3) is 0 Å². The van der Waals surface area contributed by atoms with E-state index in [2.05, 4.69) is 0 Å². The van der Waals surface area contributed by atoms with Crippen molar-refractivity contribution < 1.29 is 27.8 Å². The van der Waals surface area contributed by atoms with Crippen molar-refractivity contribution in [2.24, 2.45) is 0 Å². The molecule has 1 aromatic rings. The van der Waals surface area contributed by atoms with Crippen LogP contribution in [0.4, 0.5) is 17.6 Å². The smallest absolute Gasteiger partial charge is 0.195 e. The van der Waals surface area contributed by atoms with Crippen molar-refractivity contribution in [2.75, 3.05) is 13.2 Å². The molecule has 0 aromatic heterocycles. The number of rotatable bonds is 4. The molecule has 90 valence electrons. The summed E-state index contributed by atoms with van der Waals surface area (Å²) < 4.78 is 52.7. The molecule has 0 heterocycles. The molecule has 0 radical (unpaired) electrons. The fourth-order valence-corrected chi connectivity index (χ4v) is 1.40. The highest BCUT2D eigenvalue weighted by Crippen LogP contribution is 2.24. The van der Waals surface area contributed by atoms with Gasteiger partial charge in [-0.1, -0.05) is 0 Å². The Morgan fingerprint density at radius 2 is 1.00 bits per heavy atom. The van der Waals surface area contributed by atoms with Gasteiger partial charge in [-0.25, -0.2) is 17.6 Å². The predicted octanol–water partition coefficient (Wildman–Crippen LogP) is 1.31. The van der Waals surface area contributed by atoms with Gasteiger partial charge in [-0.05, 0) is 0 Å². The number of aliphatic hydroxyl groups is 2. The number of halogens is 4. The zero-order valence-electron chi connectivity index (χ0n) is 8.23. The number of aliphatic hydroxyl groups excluding tert-OH is 2. The number of hydrogen-bond donors (Lipinski definition) is 2. The van der Waals surface area contributed by atoms with Crippen LogP contribution in [0.15, 0.2) is 0 Å². The van der Waals surface area contributed by atoms with Crippen molar-refractivity contribution in [2.45, 2.75) is 12.8 Å². The molecule has 2 nitrogen and oxygen atoms in total. The maximum absolute atomic E-state index is 13.5. The highest BCUT2D eigenvalue weighted by atomic mass is 19.2. The van der Waals surface area contributed by atoms with Gasteiger partial charge in [0.1, 0.15) is 5.82 Å². The minimum absolute atomic E-state index is 0.451. The Hall–Kier alpha value is -1.14. The maximum atomic E-state index is 13.5. The molecule has 0 spiro atoms. The summed E-state index contributed by atoms with van der Waals surface area (Å²) in [5.41, 5.74) is -1.41. The van der Waals surface area contributed by atoms with E-state index >= 15 is 0 Å². The molecule has 1 aromatic carbocycles. The highest BCUT2D eigenvalue weighted by molar-refractivity contribution is 5.30. The lowest BCUT2D eigenvalue weighted by molar-refractivity contribution is 0.286. The molecule has 16 heavy (non-hydrogen) atoms. The second-order valence-corrected chi connectivity index (χ2v) is 3.16. The van der Waals surface area contributed by atoms with E-state index in [4.69, 9.17) is 10.2 Å². The summed E-state index contributed by atoms with van der Waals surface area (Å²) in [6.45, 7) is -1.17. The first-order valence-corrected chi connectivity index (χ1v) is 4.60. The van der Waals surface area contributed by atoms with Crippen molar-refractivity contribution in [1.29, 1.82) is 0 Å². The Morgan fingerprint density at radius 1 is 0.625 bits per heavy atom. The molecule has 0 atom stereocenters. The average Bonchev–Trinajstić information content (AvgIpc) is 2.28. The van der Waals surface area contributed by atoms with Crippen molar-refractivity contribution in [1.82, 2.24) is 0 Å². The summed E-state index contributed by atoms with van der Waals surface area (Å²) in [6.07, 6.45) is -0.902. The lowest BCUT2D eigenvalue weighted by Crippen LogP contribution is -2.11. The SMILES string of the molecule is OCCc1c(F)c(F)c(F)c(CCO)c1F. The van der Waals surface area contributed by atoms with Gasteiger partial charge in [0, 0.05) is 37.2 Å². The van der Waals surface area contributed by atoms with E-state index in [0.717, 1.165) is 0 Å². The van der Waals surface area contributed by atoms with Crippen LogP contribution in [0, 0.1) is 23.3 Å². The van der Waals surface area contributed by atoms with Crippen LogP contribution in [-0.4, -0.2) is 23.4 Å². The molecule has 1 rings (SSSR count). The predicted molar refractivity (Wildman–Crippen MR) is 47.9 cm³/mol. The normalized spacial score (nSPS) is 10.9. The molecule has 2 N–H and O–H groups in total.